The van der Waals surface area contributed by atoms with E-state index in [4.69, 9.17) is 9.47 Å². The average molecular weight is 791 g/mol. The number of likely N-dealkylation sites (tertiary alicyclic amines) is 2. The molecular weight excluding hydrogens is 729 g/mol. The summed E-state index contributed by atoms with van der Waals surface area (Å²) in [6, 6.07) is 11.6. The maximum atomic E-state index is 14.7. The second-order valence-corrected chi connectivity index (χ2v) is 20.5. The summed E-state index contributed by atoms with van der Waals surface area (Å²) < 4.78 is 41.4. The number of hydrogen-bond donors (Lipinski definition) is 1. The lowest BCUT2D eigenvalue weighted by Crippen LogP contribution is -2.57. The van der Waals surface area contributed by atoms with Gasteiger partial charge in [0.25, 0.3) is 5.91 Å². The smallest absolute Gasteiger partial charge is 0.410 e. The van der Waals surface area contributed by atoms with Crippen LogP contribution in [-0.2, 0) is 26.1 Å². The van der Waals surface area contributed by atoms with Crippen LogP contribution in [0.25, 0.3) is 22.2 Å². The minimum Gasteiger partial charge on any atom is -0.497 e. The summed E-state index contributed by atoms with van der Waals surface area (Å²) in [6.07, 6.45) is 8.43. The Hall–Kier alpha value is -4.06. The molecule has 1 saturated carbocycles. The van der Waals surface area contributed by atoms with Gasteiger partial charge in [-0.2, -0.15) is 0 Å². The molecule has 3 fully saturated rings. The molecule has 6 rings (SSSR count). The van der Waals surface area contributed by atoms with E-state index < -0.39 is 32.2 Å². The molecule has 3 aliphatic rings. The molecule has 3 heterocycles. The van der Waals surface area contributed by atoms with Gasteiger partial charge in [-0.3, -0.25) is 9.59 Å². The zero-order valence-corrected chi connectivity index (χ0v) is 35.7. The van der Waals surface area contributed by atoms with Gasteiger partial charge in [0.15, 0.2) is 0 Å². The van der Waals surface area contributed by atoms with Gasteiger partial charge in [-0.25, -0.2) is 17.9 Å². The van der Waals surface area contributed by atoms with Crippen molar-refractivity contribution in [1.29, 1.82) is 0 Å². The number of carbonyl (C=O) groups is 3. The lowest BCUT2D eigenvalue weighted by molar-refractivity contribution is -0.143. The molecule has 1 aliphatic carbocycles. The molecule has 2 aliphatic heterocycles. The van der Waals surface area contributed by atoms with E-state index in [9.17, 15) is 22.8 Å². The fourth-order valence-corrected chi connectivity index (χ4v) is 9.80. The molecule has 11 nitrogen and oxygen atoms in total. The lowest BCUT2D eigenvalue weighted by atomic mass is 9.81. The fourth-order valence-electron chi connectivity index (χ4n) is 9.19. The largest absolute Gasteiger partial charge is 0.497 e. The van der Waals surface area contributed by atoms with Crippen molar-refractivity contribution in [2.24, 2.45) is 5.41 Å². The van der Waals surface area contributed by atoms with Crippen molar-refractivity contribution >= 4 is 38.8 Å². The summed E-state index contributed by atoms with van der Waals surface area (Å²) in [5, 5.41) is 0.240. The summed E-state index contributed by atoms with van der Waals surface area (Å²) in [4.78, 5) is 45.4. The number of nitrogens with zero attached hydrogens (tertiary/aromatic N) is 3. The van der Waals surface area contributed by atoms with E-state index in [1.807, 2.05) is 62.6 Å². The van der Waals surface area contributed by atoms with Crippen LogP contribution < -0.4 is 9.46 Å². The van der Waals surface area contributed by atoms with Crippen molar-refractivity contribution in [2.75, 3.05) is 26.7 Å². The van der Waals surface area contributed by atoms with Gasteiger partial charge in [0, 0.05) is 53.7 Å². The Morgan fingerprint density at radius 1 is 0.911 bits per heavy atom. The summed E-state index contributed by atoms with van der Waals surface area (Å²) in [5.41, 5.74) is 3.57. The Labute approximate surface area is 333 Å². The van der Waals surface area contributed by atoms with Crippen molar-refractivity contribution in [2.45, 2.75) is 142 Å². The zero-order valence-electron chi connectivity index (χ0n) is 34.9. The Morgan fingerprint density at radius 2 is 1.59 bits per heavy atom. The highest BCUT2D eigenvalue weighted by atomic mass is 32.2. The Kier molecular flexibility index (Phi) is 11.7. The minimum atomic E-state index is -3.86. The van der Waals surface area contributed by atoms with E-state index >= 15 is 0 Å². The highest BCUT2D eigenvalue weighted by molar-refractivity contribution is 7.90. The molecule has 3 amide bonds. The molecule has 306 valence electrons. The number of fused-ring (bicyclic) bond motifs is 1. The third kappa shape index (κ3) is 8.31. The second kappa shape index (κ2) is 15.7. The average Bonchev–Trinajstić information content (AvgIpc) is 3.69. The number of hydrogen-bond acceptors (Lipinski definition) is 7. The Balaban J connectivity index is 1.41. The van der Waals surface area contributed by atoms with E-state index in [-0.39, 0.29) is 29.0 Å². The molecule has 3 aromatic rings. The van der Waals surface area contributed by atoms with Gasteiger partial charge in [-0.05, 0) is 141 Å². The van der Waals surface area contributed by atoms with Crippen LogP contribution in [0.2, 0.25) is 0 Å². The zero-order chi connectivity index (χ0) is 40.8. The van der Waals surface area contributed by atoms with Crippen molar-refractivity contribution in [3.63, 3.8) is 0 Å². The van der Waals surface area contributed by atoms with Crippen LogP contribution in [0.5, 0.6) is 5.75 Å². The topological polar surface area (TPSA) is 127 Å². The van der Waals surface area contributed by atoms with Gasteiger partial charge in [0.05, 0.1) is 23.5 Å². The van der Waals surface area contributed by atoms with E-state index in [0.29, 0.717) is 39.0 Å². The van der Waals surface area contributed by atoms with Crippen LogP contribution in [0, 0.1) is 12.3 Å². The molecular formula is C44H62N4O7S. The number of amides is 3. The molecule has 0 radical (unpaired) electrons. The fraction of sp³-hybridized carbons (Fsp3) is 0.614. The molecule has 0 bridgehead atoms. The van der Waals surface area contributed by atoms with Gasteiger partial charge in [-0.1, -0.05) is 25.3 Å². The quantitative estimate of drug-likeness (QED) is 0.230. The van der Waals surface area contributed by atoms with Crippen molar-refractivity contribution < 1.29 is 32.3 Å². The minimum absolute atomic E-state index is 0.0320. The normalized spacial score (nSPS) is 18.2. The number of benzene rings is 2. The highest BCUT2D eigenvalue weighted by Crippen LogP contribution is 2.47. The predicted molar refractivity (Wildman–Crippen MR) is 221 cm³/mol. The van der Waals surface area contributed by atoms with Crippen LogP contribution in [-0.4, -0.2) is 83.8 Å². The number of sulfonamides is 1. The third-order valence-electron chi connectivity index (χ3n) is 12.2. The number of piperidine rings is 1. The number of rotatable bonds is 9. The maximum absolute atomic E-state index is 14.7. The molecule has 0 atom stereocenters. The van der Waals surface area contributed by atoms with Gasteiger partial charge < -0.3 is 23.8 Å². The van der Waals surface area contributed by atoms with E-state index in [0.717, 1.165) is 72.0 Å². The Bertz CT molecular complexity index is 2080. The first-order valence-corrected chi connectivity index (χ1v) is 22.0. The first-order chi connectivity index (χ1) is 26.3. The number of aryl methyl sites for hydroxylation is 1. The van der Waals surface area contributed by atoms with E-state index in [1.165, 1.54) is 25.8 Å². The molecule has 2 aromatic carbocycles. The first-order valence-electron chi connectivity index (χ1n) is 20.4. The molecule has 2 saturated heterocycles. The van der Waals surface area contributed by atoms with Gasteiger partial charge in [0.1, 0.15) is 11.4 Å². The van der Waals surface area contributed by atoms with Gasteiger partial charge >= 0.3 is 6.09 Å². The molecule has 1 spiro atoms. The van der Waals surface area contributed by atoms with Gasteiger partial charge in [-0.15, -0.1) is 0 Å². The van der Waals surface area contributed by atoms with Crippen LogP contribution in [0.1, 0.15) is 134 Å². The summed E-state index contributed by atoms with van der Waals surface area (Å²) in [7, 11) is -2.20. The van der Waals surface area contributed by atoms with E-state index in [1.54, 1.807) is 19.2 Å². The first kappa shape index (κ1) is 41.6. The third-order valence-corrected chi connectivity index (χ3v) is 14.0. The van der Waals surface area contributed by atoms with Crippen LogP contribution in [0.15, 0.2) is 36.4 Å². The van der Waals surface area contributed by atoms with Crippen molar-refractivity contribution in [3.8, 4) is 17.0 Å². The molecule has 1 aromatic heterocycles. The second-order valence-electron chi connectivity index (χ2n) is 18.3. The molecule has 0 unspecified atom stereocenters. The van der Waals surface area contributed by atoms with Crippen LogP contribution in [0.4, 0.5) is 4.79 Å². The molecule has 56 heavy (non-hydrogen) atoms. The highest BCUT2D eigenvalue weighted by Gasteiger charge is 2.48. The summed E-state index contributed by atoms with van der Waals surface area (Å²) >= 11 is 0. The molecule has 1 N–H and O–H groups in total. The number of carbonyl (C=O) groups excluding carboxylic acids is 3. The predicted octanol–water partition coefficient (Wildman–Crippen LogP) is 8.56. The SMILES string of the molecule is COc1ccc(-c2c(C3CCCCC3)c3ccc(C(=O)NS(=O)(=O)C(C)C)cc3n2CC(C)(C)C(=O)N2CCC3(CCCN3C(=O)OC(C)(C)C)CC2)c(C)c1. The summed E-state index contributed by atoms with van der Waals surface area (Å²) in [5.74, 6) is 0.384. The number of nitrogens with one attached hydrogen (secondary N) is 1. The summed E-state index contributed by atoms with van der Waals surface area (Å²) in [6.45, 7) is 16.9. The molecule has 12 heteroatoms. The monoisotopic (exact) mass is 790 g/mol. The number of ether oxygens (including phenoxy) is 2. The van der Waals surface area contributed by atoms with Crippen molar-refractivity contribution in [3.05, 3.63) is 53.1 Å². The standard InChI is InChI=1S/C44H62N4O7S/c1-29(2)56(52,53)45-39(49)32-16-18-35-36(27-32)47(38(37(35)31-14-11-10-12-15-31)34-19-17-33(54-9)26-30(34)3)28-43(7,8)40(50)46-24-21-44(22-25-46)20-13-23-48(44)41(51)55-42(4,5)6/h16-19,26-27,29,31H,10-15,20-25,28H2,1-9H3,(H,45,49). The Morgan fingerprint density at radius 3 is 2.20 bits per heavy atom. The lowest BCUT2D eigenvalue weighted by Gasteiger charge is -2.46. The van der Waals surface area contributed by atoms with Crippen molar-refractivity contribution in [1.82, 2.24) is 19.1 Å². The van der Waals surface area contributed by atoms with Crippen LogP contribution in [0.3, 0.4) is 0 Å². The van der Waals surface area contributed by atoms with E-state index in [2.05, 4.69) is 22.3 Å². The van der Waals surface area contributed by atoms with Crippen LogP contribution >= 0.6 is 0 Å². The van der Waals surface area contributed by atoms with Gasteiger partial charge in [0.2, 0.25) is 15.9 Å². The number of methoxy groups -OCH3 is 1. The number of aromatic nitrogens is 1. The maximum Gasteiger partial charge on any atom is 0.410 e.